The van der Waals surface area contributed by atoms with E-state index >= 15 is 0 Å². The molecular weight excluding hydrogens is 364 g/mol. The third-order valence-electron chi connectivity index (χ3n) is 3.82. The fourth-order valence-corrected chi connectivity index (χ4v) is 2.49. The van der Waals surface area contributed by atoms with Gasteiger partial charge in [-0.25, -0.2) is 4.79 Å². The van der Waals surface area contributed by atoms with Crippen LogP contribution in [0, 0.1) is 0 Å². The van der Waals surface area contributed by atoms with Crippen molar-refractivity contribution in [3.05, 3.63) is 48.0 Å². The van der Waals surface area contributed by atoms with E-state index in [0.717, 1.165) is 0 Å². The summed E-state index contributed by atoms with van der Waals surface area (Å²) < 4.78 is 10.5. The molecule has 1 heterocycles. The SMILES string of the molecule is CC(=O)NCCNC(=O)c1ccc(NC(=O)Nc2ccc3c(c2)OCO3)cc1. The molecule has 0 spiro atoms. The van der Waals surface area contributed by atoms with E-state index in [2.05, 4.69) is 21.3 Å². The summed E-state index contributed by atoms with van der Waals surface area (Å²) in [4.78, 5) is 34.9. The fraction of sp³-hybridized carbons (Fsp3) is 0.211. The van der Waals surface area contributed by atoms with E-state index in [1.54, 1.807) is 42.5 Å². The number of amides is 4. The second kappa shape index (κ2) is 8.76. The Hall–Kier alpha value is -3.75. The number of carbonyl (C=O) groups is 3. The van der Waals surface area contributed by atoms with Gasteiger partial charge in [0.1, 0.15) is 0 Å². The number of anilines is 2. The highest BCUT2D eigenvalue weighted by molar-refractivity contribution is 6.00. The van der Waals surface area contributed by atoms with Crippen LogP contribution in [0.3, 0.4) is 0 Å². The maximum atomic E-state index is 12.1. The third-order valence-corrected chi connectivity index (χ3v) is 3.82. The fourth-order valence-electron chi connectivity index (χ4n) is 2.49. The van der Waals surface area contributed by atoms with Gasteiger partial charge in [0.05, 0.1) is 0 Å². The van der Waals surface area contributed by atoms with Crippen LogP contribution in [0.1, 0.15) is 17.3 Å². The first-order chi connectivity index (χ1) is 13.5. The van der Waals surface area contributed by atoms with Crippen LogP contribution in [-0.4, -0.2) is 37.7 Å². The molecule has 3 rings (SSSR count). The summed E-state index contributed by atoms with van der Waals surface area (Å²) in [5.74, 6) is 0.800. The highest BCUT2D eigenvalue weighted by Crippen LogP contribution is 2.34. The number of hydrogen-bond acceptors (Lipinski definition) is 5. The zero-order valence-corrected chi connectivity index (χ0v) is 15.2. The van der Waals surface area contributed by atoms with Crippen LogP contribution in [-0.2, 0) is 4.79 Å². The molecule has 0 bridgehead atoms. The van der Waals surface area contributed by atoms with E-state index in [1.165, 1.54) is 6.92 Å². The van der Waals surface area contributed by atoms with Gasteiger partial charge in [-0.05, 0) is 36.4 Å². The lowest BCUT2D eigenvalue weighted by Gasteiger charge is -2.09. The van der Waals surface area contributed by atoms with Gasteiger partial charge in [0, 0.05) is 43.0 Å². The first kappa shape index (κ1) is 19.0. The number of ether oxygens (including phenoxy) is 2. The van der Waals surface area contributed by atoms with Crippen LogP contribution in [0.2, 0.25) is 0 Å². The molecule has 0 radical (unpaired) electrons. The van der Waals surface area contributed by atoms with Crippen molar-refractivity contribution < 1.29 is 23.9 Å². The molecule has 0 saturated carbocycles. The summed E-state index contributed by atoms with van der Waals surface area (Å²) in [6.45, 7) is 2.27. The Morgan fingerprint density at radius 2 is 1.50 bits per heavy atom. The normalized spacial score (nSPS) is 11.5. The summed E-state index contributed by atoms with van der Waals surface area (Å²) in [6.07, 6.45) is 0. The molecule has 0 aliphatic carbocycles. The van der Waals surface area contributed by atoms with Gasteiger partial charge in [-0.15, -0.1) is 0 Å². The lowest BCUT2D eigenvalue weighted by atomic mass is 10.2. The Morgan fingerprint density at radius 3 is 2.25 bits per heavy atom. The predicted molar refractivity (Wildman–Crippen MR) is 103 cm³/mol. The summed E-state index contributed by atoms with van der Waals surface area (Å²) in [5.41, 5.74) is 1.55. The average Bonchev–Trinajstić information content (AvgIpc) is 3.13. The Balaban J connectivity index is 1.48. The second-order valence-electron chi connectivity index (χ2n) is 5.96. The molecule has 1 aliphatic heterocycles. The van der Waals surface area contributed by atoms with E-state index < -0.39 is 6.03 Å². The molecule has 0 unspecified atom stereocenters. The Morgan fingerprint density at radius 1 is 0.857 bits per heavy atom. The zero-order chi connectivity index (χ0) is 19.9. The Kier molecular flexibility index (Phi) is 5.95. The van der Waals surface area contributed by atoms with Gasteiger partial charge in [0.25, 0.3) is 5.91 Å². The van der Waals surface area contributed by atoms with E-state index in [-0.39, 0.29) is 18.6 Å². The molecule has 9 heteroatoms. The van der Waals surface area contributed by atoms with Crippen molar-refractivity contribution in [2.45, 2.75) is 6.92 Å². The van der Waals surface area contributed by atoms with Gasteiger partial charge in [0.15, 0.2) is 11.5 Å². The lowest BCUT2D eigenvalue weighted by Crippen LogP contribution is -2.33. The van der Waals surface area contributed by atoms with Gasteiger partial charge in [-0.1, -0.05) is 0 Å². The molecule has 4 amide bonds. The molecule has 1 aliphatic rings. The second-order valence-corrected chi connectivity index (χ2v) is 5.96. The van der Waals surface area contributed by atoms with E-state index in [1.807, 2.05) is 0 Å². The number of benzene rings is 2. The van der Waals surface area contributed by atoms with Crippen molar-refractivity contribution in [1.29, 1.82) is 0 Å². The topological polar surface area (TPSA) is 118 Å². The molecule has 0 fully saturated rings. The minimum absolute atomic E-state index is 0.149. The highest BCUT2D eigenvalue weighted by atomic mass is 16.7. The first-order valence-corrected chi connectivity index (χ1v) is 8.61. The third kappa shape index (κ3) is 5.13. The lowest BCUT2D eigenvalue weighted by molar-refractivity contribution is -0.118. The zero-order valence-electron chi connectivity index (χ0n) is 15.2. The van der Waals surface area contributed by atoms with Crippen LogP contribution in [0.25, 0.3) is 0 Å². The molecule has 28 heavy (non-hydrogen) atoms. The summed E-state index contributed by atoms with van der Waals surface area (Å²) in [5, 5.41) is 10.7. The first-order valence-electron chi connectivity index (χ1n) is 8.61. The molecule has 9 nitrogen and oxygen atoms in total. The van der Waals surface area contributed by atoms with E-state index in [4.69, 9.17) is 9.47 Å². The van der Waals surface area contributed by atoms with Crippen molar-refractivity contribution in [2.75, 3.05) is 30.5 Å². The van der Waals surface area contributed by atoms with Gasteiger partial charge >= 0.3 is 6.03 Å². The van der Waals surface area contributed by atoms with Crippen molar-refractivity contribution in [3.8, 4) is 11.5 Å². The molecule has 0 atom stereocenters. The number of hydrogen-bond donors (Lipinski definition) is 4. The van der Waals surface area contributed by atoms with Crippen molar-refractivity contribution >= 4 is 29.2 Å². The standard InChI is InChI=1S/C19H20N4O5/c1-12(24)20-8-9-21-18(25)13-2-4-14(5-3-13)22-19(26)23-15-6-7-16-17(10-15)28-11-27-16/h2-7,10H,8-9,11H2,1H3,(H,20,24)(H,21,25)(H2,22,23,26). The molecule has 0 saturated heterocycles. The van der Waals surface area contributed by atoms with Crippen LogP contribution < -0.4 is 30.7 Å². The summed E-state index contributed by atoms with van der Waals surface area (Å²) >= 11 is 0. The van der Waals surface area contributed by atoms with Crippen LogP contribution in [0.5, 0.6) is 11.5 Å². The average molecular weight is 384 g/mol. The van der Waals surface area contributed by atoms with Crippen LogP contribution in [0.4, 0.5) is 16.2 Å². The molecule has 146 valence electrons. The molecule has 2 aromatic rings. The van der Waals surface area contributed by atoms with Gasteiger partial charge < -0.3 is 30.7 Å². The summed E-state index contributed by atoms with van der Waals surface area (Å²) in [6, 6.07) is 11.1. The number of fused-ring (bicyclic) bond motifs is 1. The highest BCUT2D eigenvalue weighted by Gasteiger charge is 2.14. The maximum absolute atomic E-state index is 12.1. The van der Waals surface area contributed by atoms with Crippen LogP contribution >= 0.6 is 0 Å². The van der Waals surface area contributed by atoms with Crippen molar-refractivity contribution in [1.82, 2.24) is 10.6 Å². The van der Waals surface area contributed by atoms with Crippen molar-refractivity contribution in [3.63, 3.8) is 0 Å². The van der Waals surface area contributed by atoms with E-state index in [9.17, 15) is 14.4 Å². The van der Waals surface area contributed by atoms with Gasteiger partial charge in [-0.3, -0.25) is 9.59 Å². The minimum Gasteiger partial charge on any atom is -0.454 e. The molecule has 0 aromatic heterocycles. The van der Waals surface area contributed by atoms with Crippen LogP contribution in [0.15, 0.2) is 42.5 Å². The minimum atomic E-state index is -0.425. The molecule has 2 aromatic carbocycles. The molecular formula is C19H20N4O5. The van der Waals surface area contributed by atoms with Gasteiger partial charge in [-0.2, -0.15) is 0 Å². The molecule has 4 N–H and O–H groups in total. The quantitative estimate of drug-likeness (QED) is 0.568. The van der Waals surface area contributed by atoms with Crippen molar-refractivity contribution in [2.24, 2.45) is 0 Å². The smallest absolute Gasteiger partial charge is 0.323 e. The Labute approximate surface area is 161 Å². The largest absolute Gasteiger partial charge is 0.454 e. The Bertz CT molecular complexity index is 882. The number of nitrogens with one attached hydrogen (secondary N) is 4. The predicted octanol–water partition coefficient (Wildman–Crippen LogP) is 1.93. The summed E-state index contributed by atoms with van der Waals surface area (Å²) in [7, 11) is 0. The maximum Gasteiger partial charge on any atom is 0.323 e. The van der Waals surface area contributed by atoms with Gasteiger partial charge in [0.2, 0.25) is 12.7 Å². The number of carbonyl (C=O) groups excluding carboxylic acids is 3. The number of rotatable bonds is 6. The van der Waals surface area contributed by atoms with E-state index in [0.29, 0.717) is 41.5 Å². The number of urea groups is 1. The monoisotopic (exact) mass is 384 g/mol.